The summed E-state index contributed by atoms with van der Waals surface area (Å²) >= 11 is 0. The van der Waals surface area contributed by atoms with Crippen LogP contribution in [0.25, 0.3) is 5.57 Å². The van der Waals surface area contributed by atoms with E-state index in [0.717, 1.165) is 11.1 Å². The van der Waals surface area contributed by atoms with Gasteiger partial charge in [-0.15, -0.1) is 0 Å². The second kappa shape index (κ2) is 8.21. The molecule has 0 amide bonds. The lowest BCUT2D eigenvalue weighted by atomic mass is 9.98. The SMILES string of the molecule is COC(=O)/C=C(/c1ccccc1)C(C)N(C)CC(=O)OC. The van der Waals surface area contributed by atoms with E-state index in [-0.39, 0.29) is 18.6 Å². The first-order valence-electron chi connectivity index (χ1n) is 6.61. The summed E-state index contributed by atoms with van der Waals surface area (Å²) in [7, 11) is 4.49. The third kappa shape index (κ3) is 5.04. The monoisotopic (exact) mass is 291 g/mol. The van der Waals surface area contributed by atoms with Gasteiger partial charge < -0.3 is 9.47 Å². The molecule has 1 unspecified atom stereocenters. The van der Waals surface area contributed by atoms with Crippen LogP contribution in [0.5, 0.6) is 0 Å². The molecule has 0 N–H and O–H groups in total. The number of carbonyl (C=O) groups is 2. The van der Waals surface area contributed by atoms with Crippen LogP contribution >= 0.6 is 0 Å². The Kier molecular flexibility index (Phi) is 6.62. The number of esters is 2. The Balaban J connectivity index is 3.04. The van der Waals surface area contributed by atoms with Crippen molar-refractivity contribution in [3.8, 4) is 0 Å². The number of ether oxygens (including phenoxy) is 2. The summed E-state index contributed by atoms with van der Waals surface area (Å²) in [4.78, 5) is 24.8. The van der Waals surface area contributed by atoms with Crippen molar-refractivity contribution in [2.75, 3.05) is 27.8 Å². The molecule has 1 aromatic carbocycles. The maximum absolute atomic E-state index is 11.6. The summed E-state index contributed by atoms with van der Waals surface area (Å²) in [5, 5.41) is 0. The molecular weight excluding hydrogens is 270 g/mol. The van der Waals surface area contributed by atoms with Crippen molar-refractivity contribution in [2.45, 2.75) is 13.0 Å². The van der Waals surface area contributed by atoms with Gasteiger partial charge >= 0.3 is 11.9 Å². The number of carbonyl (C=O) groups excluding carboxylic acids is 2. The summed E-state index contributed by atoms with van der Waals surface area (Å²) in [6.45, 7) is 2.06. The quantitative estimate of drug-likeness (QED) is 0.590. The molecule has 0 radical (unpaired) electrons. The van der Waals surface area contributed by atoms with E-state index in [9.17, 15) is 9.59 Å². The van der Waals surface area contributed by atoms with Gasteiger partial charge in [0, 0.05) is 12.1 Å². The summed E-state index contributed by atoms with van der Waals surface area (Å²) in [5.41, 5.74) is 1.70. The molecular formula is C16H21NO4. The van der Waals surface area contributed by atoms with Crippen LogP contribution in [-0.2, 0) is 19.1 Å². The van der Waals surface area contributed by atoms with Crippen LogP contribution < -0.4 is 0 Å². The molecule has 0 aromatic heterocycles. The van der Waals surface area contributed by atoms with E-state index >= 15 is 0 Å². The van der Waals surface area contributed by atoms with Gasteiger partial charge in [-0.3, -0.25) is 9.69 Å². The van der Waals surface area contributed by atoms with Crippen LogP contribution in [0.4, 0.5) is 0 Å². The second-order valence-electron chi connectivity index (χ2n) is 4.66. The minimum Gasteiger partial charge on any atom is -0.468 e. The number of nitrogens with zero attached hydrogens (tertiary/aromatic N) is 1. The van der Waals surface area contributed by atoms with Crippen molar-refractivity contribution < 1.29 is 19.1 Å². The Morgan fingerprint density at radius 3 is 2.33 bits per heavy atom. The highest BCUT2D eigenvalue weighted by molar-refractivity contribution is 5.92. The number of benzene rings is 1. The Labute approximate surface area is 125 Å². The topological polar surface area (TPSA) is 55.8 Å². The third-order valence-electron chi connectivity index (χ3n) is 3.30. The molecule has 0 aliphatic heterocycles. The van der Waals surface area contributed by atoms with Gasteiger partial charge in [-0.05, 0) is 25.1 Å². The molecule has 0 fully saturated rings. The van der Waals surface area contributed by atoms with Gasteiger partial charge in [0.15, 0.2) is 0 Å². The number of hydrogen-bond acceptors (Lipinski definition) is 5. The molecule has 114 valence electrons. The Morgan fingerprint density at radius 2 is 1.81 bits per heavy atom. The van der Waals surface area contributed by atoms with Crippen LogP contribution in [0.3, 0.4) is 0 Å². The zero-order valence-corrected chi connectivity index (χ0v) is 12.8. The van der Waals surface area contributed by atoms with Gasteiger partial charge in [-0.1, -0.05) is 30.3 Å². The maximum Gasteiger partial charge on any atom is 0.330 e. The lowest BCUT2D eigenvalue weighted by molar-refractivity contribution is -0.141. The molecule has 0 heterocycles. The summed E-state index contributed by atoms with van der Waals surface area (Å²) < 4.78 is 9.38. The average Bonchev–Trinajstić information content (AvgIpc) is 2.52. The molecule has 0 saturated carbocycles. The predicted molar refractivity (Wildman–Crippen MR) is 80.5 cm³/mol. The molecule has 0 aliphatic rings. The smallest absolute Gasteiger partial charge is 0.330 e. The van der Waals surface area contributed by atoms with Gasteiger partial charge in [0.25, 0.3) is 0 Å². The minimum atomic E-state index is -0.424. The summed E-state index contributed by atoms with van der Waals surface area (Å²) in [5.74, 6) is -0.748. The van der Waals surface area contributed by atoms with E-state index in [4.69, 9.17) is 4.74 Å². The highest BCUT2D eigenvalue weighted by Gasteiger charge is 2.19. The highest BCUT2D eigenvalue weighted by atomic mass is 16.5. The van der Waals surface area contributed by atoms with Crippen LogP contribution in [0.15, 0.2) is 36.4 Å². The first-order valence-corrected chi connectivity index (χ1v) is 6.61. The largest absolute Gasteiger partial charge is 0.468 e. The number of hydrogen-bond donors (Lipinski definition) is 0. The summed E-state index contributed by atoms with van der Waals surface area (Å²) in [6.07, 6.45) is 1.45. The zero-order chi connectivity index (χ0) is 15.8. The van der Waals surface area contributed by atoms with E-state index in [1.165, 1.54) is 20.3 Å². The normalized spacial score (nSPS) is 12.9. The van der Waals surface area contributed by atoms with E-state index in [1.54, 1.807) is 7.05 Å². The van der Waals surface area contributed by atoms with Crippen molar-refractivity contribution in [3.05, 3.63) is 42.0 Å². The summed E-state index contributed by atoms with van der Waals surface area (Å²) in [6, 6.07) is 9.38. The van der Waals surface area contributed by atoms with Crippen LogP contribution in [0, 0.1) is 0 Å². The fourth-order valence-corrected chi connectivity index (χ4v) is 1.90. The van der Waals surface area contributed by atoms with Crippen LogP contribution in [-0.4, -0.2) is 50.7 Å². The first-order chi connectivity index (χ1) is 9.99. The molecule has 1 aromatic rings. The number of methoxy groups -OCH3 is 2. The van der Waals surface area contributed by atoms with Crippen molar-refractivity contribution in [1.82, 2.24) is 4.90 Å². The Bertz CT molecular complexity index is 510. The van der Waals surface area contributed by atoms with E-state index in [2.05, 4.69) is 4.74 Å². The molecule has 0 spiro atoms. The second-order valence-corrected chi connectivity index (χ2v) is 4.66. The van der Waals surface area contributed by atoms with Crippen molar-refractivity contribution in [1.29, 1.82) is 0 Å². The van der Waals surface area contributed by atoms with Crippen molar-refractivity contribution >= 4 is 17.5 Å². The maximum atomic E-state index is 11.6. The zero-order valence-electron chi connectivity index (χ0n) is 12.8. The van der Waals surface area contributed by atoms with Gasteiger partial charge in [0.2, 0.25) is 0 Å². The minimum absolute atomic E-state index is 0.142. The Hall–Kier alpha value is -2.14. The van der Waals surface area contributed by atoms with Gasteiger partial charge in [0.1, 0.15) is 0 Å². The van der Waals surface area contributed by atoms with Crippen molar-refractivity contribution in [2.24, 2.45) is 0 Å². The highest BCUT2D eigenvalue weighted by Crippen LogP contribution is 2.21. The standard InChI is InChI=1S/C16H21NO4/c1-12(17(2)11-16(19)21-4)14(10-15(18)20-3)13-8-6-5-7-9-13/h5-10,12H,11H2,1-4H3/b14-10+. The van der Waals surface area contributed by atoms with Crippen LogP contribution in [0.1, 0.15) is 12.5 Å². The molecule has 0 aliphatic carbocycles. The lowest BCUT2D eigenvalue weighted by Crippen LogP contribution is -2.35. The third-order valence-corrected chi connectivity index (χ3v) is 3.30. The van der Waals surface area contributed by atoms with Gasteiger partial charge in [0.05, 0.1) is 20.8 Å². The van der Waals surface area contributed by atoms with Gasteiger partial charge in [-0.25, -0.2) is 4.79 Å². The molecule has 1 rings (SSSR count). The van der Waals surface area contributed by atoms with E-state index in [0.29, 0.717) is 0 Å². The average molecular weight is 291 g/mol. The number of rotatable bonds is 6. The number of likely N-dealkylation sites (N-methyl/N-ethyl adjacent to an activating group) is 1. The van der Waals surface area contributed by atoms with E-state index in [1.807, 2.05) is 42.2 Å². The molecule has 5 heteroatoms. The fourth-order valence-electron chi connectivity index (χ4n) is 1.90. The first kappa shape index (κ1) is 16.9. The van der Waals surface area contributed by atoms with Crippen LogP contribution in [0.2, 0.25) is 0 Å². The van der Waals surface area contributed by atoms with Crippen molar-refractivity contribution in [3.63, 3.8) is 0 Å². The predicted octanol–water partition coefficient (Wildman–Crippen LogP) is 1.74. The van der Waals surface area contributed by atoms with E-state index < -0.39 is 5.97 Å². The molecule has 0 bridgehead atoms. The lowest BCUT2D eigenvalue weighted by Gasteiger charge is -2.26. The molecule has 1 atom stereocenters. The Morgan fingerprint density at radius 1 is 1.19 bits per heavy atom. The molecule has 5 nitrogen and oxygen atoms in total. The fraction of sp³-hybridized carbons (Fsp3) is 0.375. The molecule has 21 heavy (non-hydrogen) atoms. The molecule has 0 saturated heterocycles. The van der Waals surface area contributed by atoms with Gasteiger partial charge in [-0.2, -0.15) is 0 Å².